The lowest BCUT2D eigenvalue weighted by molar-refractivity contribution is -0.138. The van der Waals surface area contributed by atoms with Crippen LogP contribution in [-0.4, -0.2) is 29.3 Å². The van der Waals surface area contributed by atoms with Gasteiger partial charge >= 0.3 is 0 Å². The first-order valence-electron chi connectivity index (χ1n) is 5.24. The number of alkyl halides is 1. The van der Waals surface area contributed by atoms with Crippen LogP contribution in [0, 0.1) is 11.8 Å². The van der Waals surface area contributed by atoms with E-state index < -0.39 is 0 Å². The molecule has 1 saturated carbocycles. The molecule has 0 spiro atoms. The van der Waals surface area contributed by atoms with Gasteiger partial charge in [0, 0.05) is 18.8 Å². The standard InChI is InChI=1S/C11H20ClNO/c1-8(9-5-6-9)10(14)13(4)11(2,3)7-12/h8-9H,5-7H2,1-4H3. The highest BCUT2D eigenvalue weighted by atomic mass is 35.5. The van der Waals surface area contributed by atoms with E-state index in [1.807, 2.05) is 27.8 Å². The van der Waals surface area contributed by atoms with Crippen molar-refractivity contribution in [1.29, 1.82) is 0 Å². The molecule has 1 atom stereocenters. The molecular formula is C11H20ClNO. The number of amides is 1. The maximum Gasteiger partial charge on any atom is 0.225 e. The second kappa shape index (κ2) is 4.09. The van der Waals surface area contributed by atoms with Crippen molar-refractivity contribution in [2.24, 2.45) is 11.8 Å². The van der Waals surface area contributed by atoms with Crippen LogP contribution in [0.4, 0.5) is 0 Å². The van der Waals surface area contributed by atoms with Crippen LogP contribution in [0.5, 0.6) is 0 Å². The molecular weight excluding hydrogens is 198 g/mol. The highest BCUT2D eigenvalue weighted by Gasteiger charge is 2.37. The summed E-state index contributed by atoms with van der Waals surface area (Å²) in [5, 5.41) is 0. The largest absolute Gasteiger partial charge is 0.339 e. The zero-order valence-electron chi connectivity index (χ0n) is 9.51. The van der Waals surface area contributed by atoms with E-state index in [0.717, 1.165) is 0 Å². The molecule has 3 heteroatoms. The third-order valence-electron chi connectivity index (χ3n) is 3.28. The monoisotopic (exact) mass is 217 g/mol. The zero-order chi connectivity index (χ0) is 10.9. The van der Waals surface area contributed by atoms with E-state index in [1.165, 1.54) is 12.8 Å². The fraction of sp³-hybridized carbons (Fsp3) is 0.909. The molecule has 1 aliphatic carbocycles. The highest BCUT2D eigenvalue weighted by Crippen LogP contribution is 2.38. The Balaban J connectivity index is 2.58. The first kappa shape index (κ1) is 11.8. The third kappa shape index (κ3) is 2.41. The van der Waals surface area contributed by atoms with Crippen molar-refractivity contribution in [2.45, 2.75) is 39.2 Å². The molecule has 0 heterocycles. The maximum atomic E-state index is 12.0. The van der Waals surface area contributed by atoms with Crippen molar-refractivity contribution in [2.75, 3.05) is 12.9 Å². The van der Waals surface area contributed by atoms with Gasteiger partial charge in [-0.25, -0.2) is 0 Å². The molecule has 14 heavy (non-hydrogen) atoms. The Hall–Kier alpha value is -0.240. The topological polar surface area (TPSA) is 20.3 Å². The minimum Gasteiger partial charge on any atom is -0.339 e. The molecule has 0 aromatic rings. The van der Waals surface area contributed by atoms with Crippen LogP contribution in [0.3, 0.4) is 0 Å². The Morgan fingerprint density at radius 2 is 2.07 bits per heavy atom. The zero-order valence-corrected chi connectivity index (χ0v) is 10.3. The average Bonchev–Trinajstić information content (AvgIpc) is 2.97. The molecule has 1 unspecified atom stereocenters. The molecule has 1 aliphatic rings. The molecule has 0 radical (unpaired) electrons. The Morgan fingerprint density at radius 1 is 1.57 bits per heavy atom. The van der Waals surface area contributed by atoms with E-state index in [2.05, 4.69) is 0 Å². The van der Waals surface area contributed by atoms with Crippen LogP contribution in [0.2, 0.25) is 0 Å². The van der Waals surface area contributed by atoms with Gasteiger partial charge in [0.2, 0.25) is 5.91 Å². The first-order chi connectivity index (χ1) is 6.40. The summed E-state index contributed by atoms with van der Waals surface area (Å²) in [4.78, 5) is 13.8. The van der Waals surface area contributed by atoms with E-state index in [9.17, 15) is 4.79 Å². The Labute approximate surface area is 91.6 Å². The molecule has 0 aromatic heterocycles. The summed E-state index contributed by atoms with van der Waals surface area (Å²) in [7, 11) is 1.85. The number of hydrogen-bond donors (Lipinski definition) is 0. The average molecular weight is 218 g/mol. The van der Waals surface area contributed by atoms with Gasteiger partial charge in [-0.1, -0.05) is 6.92 Å². The van der Waals surface area contributed by atoms with E-state index >= 15 is 0 Å². The van der Waals surface area contributed by atoms with Gasteiger partial charge < -0.3 is 4.90 Å². The first-order valence-corrected chi connectivity index (χ1v) is 5.77. The van der Waals surface area contributed by atoms with E-state index in [1.54, 1.807) is 4.90 Å². The van der Waals surface area contributed by atoms with E-state index in [4.69, 9.17) is 11.6 Å². The fourth-order valence-electron chi connectivity index (χ4n) is 1.49. The van der Waals surface area contributed by atoms with Crippen molar-refractivity contribution < 1.29 is 4.79 Å². The van der Waals surface area contributed by atoms with Gasteiger partial charge in [-0.2, -0.15) is 0 Å². The fourth-order valence-corrected chi connectivity index (χ4v) is 1.67. The molecule has 1 rings (SSSR count). The van der Waals surface area contributed by atoms with Crippen LogP contribution in [-0.2, 0) is 4.79 Å². The van der Waals surface area contributed by atoms with Gasteiger partial charge in [-0.3, -0.25) is 4.79 Å². The van der Waals surface area contributed by atoms with Crippen LogP contribution in [0.1, 0.15) is 33.6 Å². The summed E-state index contributed by atoms with van der Waals surface area (Å²) >= 11 is 5.84. The number of hydrogen-bond acceptors (Lipinski definition) is 1. The summed E-state index contributed by atoms with van der Waals surface area (Å²) in [5.41, 5.74) is -0.234. The highest BCUT2D eigenvalue weighted by molar-refractivity contribution is 6.18. The van der Waals surface area contributed by atoms with Gasteiger partial charge in [0.05, 0.1) is 5.54 Å². The Kier molecular flexibility index (Phi) is 3.46. The molecule has 0 aromatic carbocycles. The molecule has 0 N–H and O–H groups in total. The molecule has 1 amide bonds. The lowest BCUT2D eigenvalue weighted by atomic mass is 10.00. The SMILES string of the molecule is CC(C(=O)N(C)C(C)(C)CCl)C1CC1. The van der Waals surface area contributed by atoms with E-state index in [-0.39, 0.29) is 17.4 Å². The van der Waals surface area contributed by atoms with Gasteiger partial charge in [0.25, 0.3) is 0 Å². The maximum absolute atomic E-state index is 12.0. The van der Waals surface area contributed by atoms with Gasteiger partial charge in [0.15, 0.2) is 0 Å². The summed E-state index contributed by atoms with van der Waals surface area (Å²) in [6.07, 6.45) is 2.42. The van der Waals surface area contributed by atoms with Crippen molar-refractivity contribution in [3.05, 3.63) is 0 Å². The van der Waals surface area contributed by atoms with Crippen LogP contribution < -0.4 is 0 Å². The van der Waals surface area contributed by atoms with Crippen LogP contribution in [0.25, 0.3) is 0 Å². The number of carbonyl (C=O) groups excluding carboxylic acids is 1. The summed E-state index contributed by atoms with van der Waals surface area (Å²) in [5.74, 6) is 1.50. The molecule has 2 nitrogen and oxygen atoms in total. The predicted molar refractivity (Wildman–Crippen MR) is 59.5 cm³/mol. The molecule has 0 aliphatic heterocycles. The Morgan fingerprint density at radius 3 is 2.43 bits per heavy atom. The van der Waals surface area contributed by atoms with Gasteiger partial charge in [-0.15, -0.1) is 11.6 Å². The third-order valence-corrected chi connectivity index (χ3v) is 3.94. The second-order valence-corrected chi connectivity index (χ2v) is 5.24. The normalized spacial score (nSPS) is 19.2. The van der Waals surface area contributed by atoms with Crippen LogP contribution in [0.15, 0.2) is 0 Å². The van der Waals surface area contributed by atoms with Crippen molar-refractivity contribution in [3.63, 3.8) is 0 Å². The van der Waals surface area contributed by atoms with Gasteiger partial charge in [0.1, 0.15) is 0 Å². The minimum absolute atomic E-state index is 0.169. The molecule has 0 saturated heterocycles. The predicted octanol–water partition coefficient (Wildman–Crippen LogP) is 2.51. The lowest BCUT2D eigenvalue weighted by Gasteiger charge is -2.35. The molecule has 82 valence electrons. The molecule has 0 bridgehead atoms. The van der Waals surface area contributed by atoms with Crippen molar-refractivity contribution in [3.8, 4) is 0 Å². The van der Waals surface area contributed by atoms with Crippen molar-refractivity contribution >= 4 is 17.5 Å². The van der Waals surface area contributed by atoms with E-state index in [0.29, 0.717) is 11.8 Å². The number of carbonyl (C=O) groups is 1. The Bertz CT molecular complexity index is 223. The molecule has 1 fully saturated rings. The van der Waals surface area contributed by atoms with Crippen LogP contribution >= 0.6 is 11.6 Å². The summed E-state index contributed by atoms with van der Waals surface area (Å²) in [6.45, 7) is 6.02. The summed E-state index contributed by atoms with van der Waals surface area (Å²) < 4.78 is 0. The summed E-state index contributed by atoms with van der Waals surface area (Å²) in [6, 6.07) is 0. The smallest absolute Gasteiger partial charge is 0.225 e. The number of nitrogens with zero attached hydrogens (tertiary/aromatic N) is 1. The van der Waals surface area contributed by atoms with Gasteiger partial charge in [-0.05, 0) is 32.6 Å². The minimum atomic E-state index is -0.234. The second-order valence-electron chi connectivity index (χ2n) is 4.97. The van der Waals surface area contributed by atoms with Crippen molar-refractivity contribution in [1.82, 2.24) is 4.90 Å². The number of halogens is 1. The lowest BCUT2D eigenvalue weighted by Crippen LogP contribution is -2.48. The number of rotatable bonds is 4. The quantitative estimate of drug-likeness (QED) is 0.663.